The van der Waals surface area contributed by atoms with Gasteiger partial charge in [-0.05, 0) is 18.2 Å². The number of hydrogen-bond acceptors (Lipinski definition) is 5. The zero-order valence-corrected chi connectivity index (χ0v) is 11.0. The Hall–Kier alpha value is -2.04. The van der Waals surface area contributed by atoms with Gasteiger partial charge in [-0.25, -0.2) is 0 Å². The second kappa shape index (κ2) is 5.73. The van der Waals surface area contributed by atoms with Gasteiger partial charge in [-0.3, -0.25) is 9.59 Å². The van der Waals surface area contributed by atoms with E-state index < -0.39 is 5.92 Å². The van der Waals surface area contributed by atoms with Crippen LogP contribution in [-0.2, 0) is 9.53 Å². The van der Waals surface area contributed by atoms with Crippen molar-refractivity contribution in [3.05, 3.63) is 23.8 Å². The molecule has 2 rings (SSSR count). The molecule has 1 unspecified atom stereocenters. The van der Waals surface area contributed by atoms with E-state index in [1.165, 1.54) is 7.11 Å². The highest BCUT2D eigenvalue weighted by Crippen LogP contribution is 2.31. The van der Waals surface area contributed by atoms with E-state index in [9.17, 15) is 9.59 Å². The van der Waals surface area contributed by atoms with Crippen molar-refractivity contribution >= 4 is 11.8 Å². The van der Waals surface area contributed by atoms with E-state index in [1.54, 1.807) is 25.1 Å². The average molecular weight is 264 g/mol. The Balaban J connectivity index is 2.09. The Labute approximate surface area is 111 Å². The van der Waals surface area contributed by atoms with E-state index >= 15 is 0 Å². The number of hydrogen-bond donors (Lipinski definition) is 0. The van der Waals surface area contributed by atoms with E-state index in [-0.39, 0.29) is 18.2 Å². The molecule has 0 aromatic heterocycles. The maximum atomic E-state index is 12.1. The lowest BCUT2D eigenvalue weighted by atomic mass is 9.99. The first-order valence-corrected chi connectivity index (χ1v) is 6.12. The molecule has 1 aromatic carbocycles. The fourth-order valence-electron chi connectivity index (χ4n) is 1.90. The fraction of sp³-hybridized carbons (Fsp3) is 0.429. The molecular weight excluding hydrogens is 248 g/mol. The monoisotopic (exact) mass is 264 g/mol. The third kappa shape index (κ3) is 3.05. The molecule has 1 aliphatic heterocycles. The molecule has 0 amide bonds. The van der Waals surface area contributed by atoms with E-state index in [4.69, 9.17) is 9.47 Å². The van der Waals surface area contributed by atoms with E-state index in [2.05, 4.69) is 4.74 Å². The van der Waals surface area contributed by atoms with Crippen molar-refractivity contribution in [3.63, 3.8) is 0 Å². The van der Waals surface area contributed by atoms with Crippen molar-refractivity contribution in [3.8, 4) is 11.5 Å². The number of esters is 1. The summed E-state index contributed by atoms with van der Waals surface area (Å²) in [5.41, 5.74) is 0.514. The molecule has 0 bridgehead atoms. The topological polar surface area (TPSA) is 61.8 Å². The number of rotatable bonds is 4. The molecule has 0 radical (unpaired) electrons. The number of ether oxygens (including phenoxy) is 3. The van der Waals surface area contributed by atoms with Gasteiger partial charge in [-0.15, -0.1) is 0 Å². The minimum atomic E-state index is -0.453. The van der Waals surface area contributed by atoms with Gasteiger partial charge < -0.3 is 14.2 Å². The molecule has 102 valence electrons. The summed E-state index contributed by atoms with van der Waals surface area (Å²) in [6.45, 7) is 2.66. The second-order valence-electron chi connectivity index (χ2n) is 4.41. The number of carbonyl (C=O) groups excluding carboxylic acids is 2. The SMILES string of the molecule is COC(=O)C(C)CC(=O)c1ccc2c(c1)OCCO2. The Morgan fingerprint density at radius 3 is 2.63 bits per heavy atom. The highest BCUT2D eigenvalue weighted by molar-refractivity contribution is 5.98. The largest absolute Gasteiger partial charge is 0.486 e. The summed E-state index contributed by atoms with van der Waals surface area (Å²) >= 11 is 0. The summed E-state index contributed by atoms with van der Waals surface area (Å²) in [5, 5.41) is 0. The average Bonchev–Trinajstić information content (AvgIpc) is 2.45. The first kappa shape index (κ1) is 13.4. The number of methoxy groups -OCH3 is 1. The van der Waals surface area contributed by atoms with Crippen molar-refractivity contribution in [1.29, 1.82) is 0 Å². The standard InChI is InChI=1S/C14H16O5/c1-9(14(16)17-2)7-11(15)10-3-4-12-13(8-10)19-6-5-18-12/h3-4,8-9H,5-7H2,1-2H3. The molecule has 0 saturated carbocycles. The third-order valence-electron chi connectivity index (χ3n) is 2.96. The van der Waals surface area contributed by atoms with E-state index in [0.29, 0.717) is 30.3 Å². The lowest BCUT2D eigenvalue weighted by Gasteiger charge is -2.18. The second-order valence-corrected chi connectivity index (χ2v) is 4.41. The molecule has 5 heteroatoms. The predicted molar refractivity (Wildman–Crippen MR) is 67.6 cm³/mol. The summed E-state index contributed by atoms with van der Waals surface area (Å²) in [6.07, 6.45) is 0.117. The highest BCUT2D eigenvalue weighted by atomic mass is 16.6. The maximum absolute atomic E-state index is 12.1. The smallest absolute Gasteiger partial charge is 0.308 e. The molecular formula is C14H16O5. The minimum absolute atomic E-state index is 0.116. The van der Waals surface area contributed by atoms with Crippen LogP contribution in [0.5, 0.6) is 11.5 Å². The van der Waals surface area contributed by atoms with Gasteiger partial charge in [-0.1, -0.05) is 6.92 Å². The quantitative estimate of drug-likeness (QED) is 0.613. The summed E-state index contributed by atoms with van der Waals surface area (Å²) < 4.78 is 15.4. The summed E-state index contributed by atoms with van der Waals surface area (Å²) in [6, 6.07) is 5.05. The van der Waals surface area contributed by atoms with Crippen LogP contribution in [0.3, 0.4) is 0 Å². The summed E-state index contributed by atoms with van der Waals surface area (Å²) in [5.74, 6) is 0.262. The first-order valence-electron chi connectivity index (χ1n) is 6.12. The van der Waals surface area contributed by atoms with Crippen LogP contribution in [0.1, 0.15) is 23.7 Å². The summed E-state index contributed by atoms with van der Waals surface area (Å²) in [7, 11) is 1.31. The number of fused-ring (bicyclic) bond motifs is 1. The first-order chi connectivity index (χ1) is 9.11. The summed E-state index contributed by atoms with van der Waals surface area (Å²) in [4.78, 5) is 23.3. The molecule has 1 atom stereocenters. The number of Topliss-reactive ketones (excluding diaryl/α,β-unsaturated/α-hetero) is 1. The van der Waals surface area contributed by atoms with Crippen LogP contribution in [-0.4, -0.2) is 32.1 Å². The Kier molecular flexibility index (Phi) is 4.04. The van der Waals surface area contributed by atoms with Crippen LogP contribution >= 0.6 is 0 Å². The highest BCUT2D eigenvalue weighted by Gasteiger charge is 2.20. The van der Waals surface area contributed by atoms with Crippen molar-refractivity contribution in [2.75, 3.05) is 20.3 Å². The van der Waals surface area contributed by atoms with Crippen LogP contribution in [0.2, 0.25) is 0 Å². The number of benzene rings is 1. The molecule has 1 aliphatic rings. The molecule has 19 heavy (non-hydrogen) atoms. The number of ketones is 1. The minimum Gasteiger partial charge on any atom is -0.486 e. The van der Waals surface area contributed by atoms with Crippen molar-refractivity contribution in [2.45, 2.75) is 13.3 Å². The van der Waals surface area contributed by atoms with Crippen LogP contribution in [0.4, 0.5) is 0 Å². The molecule has 0 saturated heterocycles. The van der Waals surface area contributed by atoms with Gasteiger partial charge in [0, 0.05) is 12.0 Å². The van der Waals surface area contributed by atoms with Gasteiger partial charge in [0.15, 0.2) is 17.3 Å². The third-order valence-corrected chi connectivity index (χ3v) is 2.96. The van der Waals surface area contributed by atoms with E-state index in [0.717, 1.165) is 0 Å². The predicted octanol–water partition coefficient (Wildman–Crippen LogP) is 1.84. The molecule has 0 N–H and O–H groups in total. The van der Waals surface area contributed by atoms with Crippen molar-refractivity contribution in [2.24, 2.45) is 5.92 Å². The number of carbonyl (C=O) groups is 2. The molecule has 0 spiro atoms. The van der Waals surface area contributed by atoms with Crippen LogP contribution in [0, 0.1) is 5.92 Å². The Morgan fingerprint density at radius 2 is 1.95 bits per heavy atom. The molecule has 0 aliphatic carbocycles. The Morgan fingerprint density at radius 1 is 1.26 bits per heavy atom. The lowest BCUT2D eigenvalue weighted by Crippen LogP contribution is -2.18. The maximum Gasteiger partial charge on any atom is 0.308 e. The van der Waals surface area contributed by atoms with Gasteiger partial charge in [-0.2, -0.15) is 0 Å². The van der Waals surface area contributed by atoms with E-state index in [1.807, 2.05) is 0 Å². The van der Waals surface area contributed by atoms with Gasteiger partial charge in [0.25, 0.3) is 0 Å². The molecule has 5 nitrogen and oxygen atoms in total. The van der Waals surface area contributed by atoms with Crippen molar-refractivity contribution in [1.82, 2.24) is 0 Å². The van der Waals surface area contributed by atoms with Crippen LogP contribution in [0.25, 0.3) is 0 Å². The van der Waals surface area contributed by atoms with Gasteiger partial charge >= 0.3 is 5.97 Å². The van der Waals surface area contributed by atoms with Crippen LogP contribution < -0.4 is 9.47 Å². The lowest BCUT2D eigenvalue weighted by molar-refractivity contribution is -0.144. The fourth-order valence-corrected chi connectivity index (χ4v) is 1.90. The van der Waals surface area contributed by atoms with Crippen LogP contribution in [0.15, 0.2) is 18.2 Å². The zero-order chi connectivity index (χ0) is 13.8. The van der Waals surface area contributed by atoms with Gasteiger partial charge in [0.1, 0.15) is 13.2 Å². The van der Waals surface area contributed by atoms with Gasteiger partial charge in [0.2, 0.25) is 0 Å². The molecule has 1 heterocycles. The normalized spacial score (nSPS) is 14.6. The van der Waals surface area contributed by atoms with Gasteiger partial charge in [0.05, 0.1) is 13.0 Å². The Bertz CT molecular complexity index is 495. The zero-order valence-electron chi connectivity index (χ0n) is 11.0. The molecule has 1 aromatic rings. The molecule has 0 fully saturated rings. The van der Waals surface area contributed by atoms with Crippen molar-refractivity contribution < 1.29 is 23.8 Å².